The lowest BCUT2D eigenvalue weighted by Gasteiger charge is -2.20. The van der Waals surface area contributed by atoms with Crippen LogP contribution in [0.2, 0.25) is 0 Å². The average Bonchev–Trinajstić information content (AvgIpc) is 2.93. The molecule has 2 aromatic rings. The van der Waals surface area contributed by atoms with E-state index in [-0.39, 0.29) is 5.54 Å². The summed E-state index contributed by atoms with van der Waals surface area (Å²) < 4.78 is 2.09. The first-order valence-corrected chi connectivity index (χ1v) is 7.16. The third-order valence-electron chi connectivity index (χ3n) is 4.13. The van der Waals surface area contributed by atoms with Gasteiger partial charge in [-0.05, 0) is 52.8 Å². The van der Waals surface area contributed by atoms with Crippen molar-refractivity contribution in [2.24, 2.45) is 0 Å². The number of fused-ring (bicyclic) bond motifs is 1. The zero-order valence-electron chi connectivity index (χ0n) is 12.3. The lowest BCUT2D eigenvalue weighted by atomic mass is 10.0. The van der Waals surface area contributed by atoms with Crippen molar-refractivity contribution in [3.05, 3.63) is 30.0 Å². The van der Waals surface area contributed by atoms with Crippen molar-refractivity contribution in [3.8, 4) is 0 Å². The Morgan fingerprint density at radius 1 is 1.26 bits per heavy atom. The highest BCUT2D eigenvalue weighted by Gasteiger charge is 2.25. The van der Waals surface area contributed by atoms with Crippen LogP contribution in [0.25, 0.3) is 10.9 Å². The van der Waals surface area contributed by atoms with Crippen LogP contribution in [0.5, 0.6) is 0 Å². The summed E-state index contributed by atoms with van der Waals surface area (Å²) in [5.74, 6) is 0. The summed E-state index contributed by atoms with van der Waals surface area (Å²) in [4.78, 5) is 2.45. The normalized spacial score (nSPS) is 21.4. The fourth-order valence-corrected chi connectivity index (χ4v) is 2.98. The highest BCUT2D eigenvalue weighted by atomic mass is 15.3. The molecule has 1 aliphatic rings. The Morgan fingerprint density at radius 2 is 2.05 bits per heavy atom. The monoisotopic (exact) mass is 257 g/mol. The maximum atomic E-state index is 4.85. The van der Waals surface area contributed by atoms with Gasteiger partial charge < -0.3 is 0 Å². The van der Waals surface area contributed by atoms with E-state index in [4.69, 9.17) is 5.10 Å². The van der Waals surface area contributed by atoms with Gasteiger partial charge >= 0.3 is 0 Å². The Balaban J connectivity index is 2.12. The minimum Gasteiger partial charge on any atom is -0.299 e. The van der Waals surface area contributed by atoms with Crippen LogP contribution in [0.3, 0.4) is 0 Å². The van der Waals surface area contributed by atoms with E-state index in [1.165, 1.54) is 35.9 Å². The smallest absolute Gasteiger partial charge is 0.0971 e. The SMILES string of the molecule is CN1CCCC1c1cccc2cn(C(C)(C)C)nc12. The van der Waals surface area contributed by atoms with Crippen molar-refractivity contribution in [2.75, 3.05) is 13.6 Å². The van der Waals surface area contributed by atoms with Gasteiger partial charge in [0, 0.05) is 17.6 Å². The minimum absolute atomic E-state index is 0.0396. The molecule has 0 amide bonds. The van der Waals surface area contributed by atoms with E-state index in [9.17, 15) is 0 Å². The van der Waals surface area contributed by atoms with E-state index in [2.05, 4.69) is 61.8 Å². The first-order chi connectivity index (χ1) is 8.97. The molecule has 0 spiro atoms. The van der Waals surface area contributed by atoms with E-state index < -0.39 is 0 Å². The van der Waals surface area contributed by atoms with Crippen LogP contribution in [0.15, 0.2) is 24.4 Å². The second-order valence-corrected chi connectivity index (χ2v) is 6.67. The molecule has 1 aliphatic heterocycles. The lowest BCUT2D eigenvalue weighted by Crippen LogP contribution is -2.22. The molecule has 0 aliphatic carbocycles. The van der Waals surface area contributed by atoms with Crippen LogP contribution in [0.4, 0.5) is 0 Å². The van der Waals surface area contributed by atoms with E-state index in [0.29, 0.717) is 6.04 Å². The van der Waals surface area contributed by atoms with E-state index in [1.54, 1.807) is 0 Å². The fraction of sp³-hybridized carbons (Fsp3) is 0.562. The Bertz CT molecular complexity index is 592. The maximum absolute atomic E-state index is 4.85. The van der Waals surface area contributed by atoms with Gasteiger partial charge in [0.15, 0.2) is 0 Å². The molecule has 1 aromatic carbocycles. The van der Waals surface area contributed by atoms with Gasteiger partial charge in [0.05, 0.1) is 11.1 Å². The molecule has 0 N–H and O–H groups in total. The Labute approximate surface area is 115 Å². The summed E-state index contributed by atoms with van der Waals surface area (Å²) in [6, 6.07) is 7.11. The Kier molecular flexibility index (Phi) is 2.90. The molecule has 3 rings (SSSR count). The fourth-order valence-electron chi connectivity index (χ4n) is 2.98. The van der Waals surface area contributed by atoms with Crippen LogP contribution < -0.4 is 0 Å². The van der Waals surface area contributed by atoms with E-state index in [1.807, 2.05) is 0 Å². The predicted octanol–water partition coefficient (Wildman–Crippen LogP) is 3.56. The number of aromatic nitrogens is 2. The average molecular weight is 257 g/mol. The number of nitrogens with zero attached hydrogens (tertiary/aromatic N) is 3. The largest absolute Gasteiger partial charge is 0.299 e. The van der Waals surface area contributed by atoms with E-state index >= 15 is 0 Å². The Morgan fingerprint density at radius 3 is 2.68 bits per heavy atom. The van der Waals surface area contributed by atoms with Crippen LogP contribution in [-0.4, -0.2) is 28.3 Å². The van der Waals surface area contributed by atoms with Crippen molar-refractivity contribution in [3.63, 3.8) is 0 Å². The zero-order valence-corrected chi connectivity index (χ0v) is 12.3. The third kappa shape index (κ3) is 2.16. The first-order valence-electron chi connectivity index (χ1n) is 7.16. The molecule has 3 nitrogen and oxygen atoms in total. The molecule has 1 aromatic heterocycles. The van der Waals surface area contributed by atoms with Crippen LogP contribution in [-0.2, 0) is 5.54 Å². The number of hydrogen-bond donors (Lipinski definition) is 0. The number of benzene rings is 1. The second kappa shape index (κ2) is 4.34. The van der Waals surface area contributed by atoms with Crippen LogP contribution in [0.1, 0.15) is 45.2 Å². The summed E-state index contributed by atoms with van der Waals surface area (Å²) in [6.07, 6.45) is 4.71. The van der Waals surface area contributed by atoms with Crippen molar-refractivity contribution in [1.29, 1.82) is 0 Å². The third-order valence-corrected chi connectivity index (χ3v) is 4.13. The molecule has 1 fully saturated rings. The molecule has 1 unspecified atom stereocenters. The van der Waals surface area contributed by atoms with Gasteiger partial charge in [0.2, 0.25) is 0 Å². The summed E-state index contributed by atoms with van der Waals surface area (Å²) in [5.41, 5.74) is 2.61. The molecule has 0 bridgehead atoms. The standard InChI is InChI=1S/C16H23N3/c1-16(2,3)19-11-12-7-5-8-13(15(12)17-19)14-9-6-10-18(14)4/h5,7-8,11,14H,6,9-10H2,1-4H3. The molecule has 1 atom stereocenters. The minimum atomic E-state index is 0.0396. The highest BCUT2D eigenvalue weighted by molar-refractivity contribution is 5.82. The van der Waals surface area contributed by atoms with Gasteiger partial charge in [-0.1, -0.05) is 18.2 Å². The molecule has 1 saturated heterocycles. The first kappa shape index (κ1) is 12.7. The molecule has 0 saturated carbocycles. The molecular formula is C16H23N3. The van der Waals surface area contributed by atoms with Gasteiger partial charge in [-0.2, -0.15) is 5.10 Å². The summed E-state index contributed by atoms with van der Waals surface area (Å²) in [7, 11) is 2.22. The topological polar surface area (TPSA) is 21.1 Å². The molecule has 2 heterocycles. The molecule has 3 heteroatoms. The number of hydrogen-bond acceptors (Lipinski definition) is 2. The van der Waals surface area contributed by atoms with E-state index in [0.717, 1.165) is 0 Å². The van der Waals surface area contributed by atoms with Crippen molar-refractivity contribution < 1.29 is 0 Å². The molecular weight excluding hydrogens is 234 g/mol. The van der Waals surface area contributed by atoms with Gasteiger partial charge in [0.1, 0.15) is 0 Å². The van der Waals surface area contributed by atoms with Gasteiger partial charge in [-0.3, -0.25) is 9.58 Å². The zero-order chi connectivity index (χ0) is 13.6. The number of rotatable bonds is 1. The van der Waals surface area contributed by atoms with Gasteiger partial charge in [-0.15, -0.1) is 0 Å². The Hall–Kier alpha value is -1.35. The van der Waals surface area contributed by atoms with Gasteiger partial charge in [0.25, 0.3) is 0 Å². The van der Waals surface area contributed by atoms with Crippen molar-refractivity contribution in [2.45, 2.75) is 45.2 Å². The number of likely N-dealkylation sites (tertiary alicyclic amines) is 1. The molecule has 0 radical (unpaired) electrons. The molecule has 19 heavy (non-hydrogen) atoms. The lowest BCUT2D eigenvalue weighted by molar-refractivity contribution is 0.318. The summed E-state index contributed by atoms with van der Waals surface area (Å²) >= 11 is 0. The predicted molar refractivity (Wildman–Crippen MR) is 79.3 cm³/mol. The van der Waals surface area contributed by atoms with Crippen molar-refractivity contribution in [1.82, 2.24) is 14.7 Å². The summed E-state index contributed by atoms with van der Waals surface area (Å²) in [6.45, 7) is 7.78. The second-order valence-electron chi connectivity index (χ2n) is 6.67. The van der Waals surface area contributed by atoms with Crippen molar-refractivity contribution >= 4 is 10.9 Å². The van der Waals surface area contributed by atoms with Gasteiger partial charge in [-0.25, -0.2) is 0 Å². The van der Waals surface area contributed by atoms with Crippen LogP contribution in [0, 0.1) is 0 Å². The quantitative estimate of drug-likeness (QED) is 0.779. The highest BCUT2D eigenvalue weighted by Crippen LogP contribution is 2.34. The van der Waals surface area contributed by atoms with Crippen LogP contribution >= 0.6 is 0 Å². The maximum Gasteiger partial charge on any atom is 0.0971 e. The molecule has 102 valence electrons. The summed E-state index contributed by atoms with van der Waals surface area (Å²) in [5, 5.41) is 6.11.